The fraction of sp³-hybridized carbons (Fsp3) is 0.280. The monoisotopic (exact) mass is 374 g/mol. The first-order chi connectivity index (χ1) is 13.8. The number of hydrogen-bond acceptors (Lipinski definition) is 2. The second kappa shape index (κ2) is 9.13. The first-order valence-electron chi connectivity index (χ1n) is 10.1. The van der Waals surface area contributed by atoms with Gasteiger partial charge in [-0.25, -0.2) is 4.39 Å². The van der Waals surface area contributed by atoms with E-state index < -0.39 is 0 Å². The van der Waals surface area contributed by atoms with Crippen LogP contribution in [-0.2, 0) is 6.54 Å². The van der Waals surface area contributed by atoms with E-state index in [2.05, 4.69) is 71.3 Å². The van der Waals surface area contributed by atoms with Crippen molar-refractivity contribution < 1.29 is 4.39 Å². The number of piperidine rings is 1. The molecule has 2 atom stereocenters. The van der Waals surface area contributed by atoms with Gasteiger partial charge in [0.2, 0.25) is 0 Å². The maximum atomic E-state index is 13.0. The molecule has 0 aromatic heterocycles. The predicted molar refractivity (Wildman–Crippen MR) is 113 cm³/mol. The zero-order chi connectivity index (χ0) is 19.2. The van der Waals surface area contributed by atoms with Crippen LogP contribution in [0.25, 0.3) is 0 Å². The summed E-state index contributed by atoms with van der Waals surface area (Å²) >= 11 is 0. The lowest BCUT2D eigenvalue weighted by Gasteiger charge is -2.36. The third-order valence-corrected chi connectivity index (χ3v) is 5.68. The molecule has 2 nitrogen and oxygen atoms in total. The van der Waals surface area contributed by atoms with Crippen molar-refractivity contribution in [3.8, 4) is 0 Å². The second-order valence-corrected chi connectivity index (χ2v) is 7.60. The average molecular weight is 375 g/mol. The van der Waals surface area contributed by atoms with Gasteiger partial charge in [0.15, 0.2) is 0 Å². The van der Waals surface area contributed by atoms with E-state index in [9.17, 15) is 4.39 Å². The first-order valence-corrected chi connectivity index (χ1v) is 10.1. The molecule has 0 saturated carbocycles. The molecule has 1 saturated heterocycles. The van der Waals surface area contributed by atoms with Crippen LogP contribution in [-0.4, -0.2) is 18.6 Å². The van der Waals surface area contributed by atoms with Crippen molar-refractivity contribution in [1.29, 1.82) is 0 Å². The minimum absolute atomic E-state index is 0.182. The molecule has 0 bridgehead atoms. The summed E-state index contributed by atoms with van der Waals surface area (Å²) in [5.74, 6) is 0.180. The summed E-state index contributed by atoms with van der Waals surface area (Å²) in [5, 5.41) is 7.40. The summed E-state index contributed by atoms with van der Waals surface area (Å²) in [7, 11) is 0. The van der Waals surface area contributed by atoms with E-state index in [1.807, 2.05) is 12.1 Å². The molecule has 0 aliphatic carbocycles. The smallest absolute Gasteiger partial charge is 0.123 e. The number of benzene rings is 3. The number of halogens is 1. The first kappa shape index (κ1) is 18.9. The molecule has 4 rings (SSSR count). The molecule has 1 fully saturated rings. The summed E-state index contributed by atoms with van der Waals surface area (Å²) in [5.41, 5.74) is 3.85. The van der Waals surface area contributed by atoms with Gasteiger partial charge >= 0.3 is 0 Å². The van der Waals surface area contributed by atoms with E-state index in [1.165, 1.54) is 23.3 Å². The van der Waals surface area contributed by atoms with Crippen LogP contribution in [0.1, 0.15) is 35.4 Å². The molecule has 1 aliphatic heterocycles. The minimum Gasteiger partial charge on any atom is -0.311 e. The quantitative estimate of drug-likeness (QED) is 0.643. The molecular weight excluding hydrogens is 347 g/mol. The maximum absolute atomic E-state index is 13.0. The molecule has 1 heterocycles. The fourth-order valence-electron chi connectivity index (χ4n) is 4.18. The molecular formula is C25H27FN2. The van der Waals surface area contributed by atoms with E-state index in [-0.39, 0.29) is 5.82 Å². The Balaban J connectivity index is 1.40. The van der Waals surface area contributed by atoms with E-state index in [0.717, 1.165) is 31.5 Å². The molecule has 2 N–H and O–H groups in total. The Bertz CT molecular complexity index is 801. The SMILES string of the molecule is Fc1ccc(CN[C@H]2CC[C@H](C(c3ccccc3)c3ccccc3)NC2)cc1. The standard InChI is InChI=1S/C25H27FN2/c26-22-13-11-19(12-14-22)17-27-23-15-16-24(28-18-23)25(20-7-3-1-4-8-20)21-9-5-2-6-10-21/h1-14,23-25,27-28H,15-18H2/t23-,24+/m0/s1. The van der Waals surface area contributed by atoms with Gasteiger partial charge in [-0.15, -0.1) is 0 Å². The van der Waals surface area contributed by atoms with Crippen LogP contribution in [0.15, 0.2) is 84.9 Å². The van der Waals surface area contributed by atoms with Crippen molar-refractivity contribution in [1.82, 2.24) is 10.6 Å². The molecule has 0 spiro atoms. The van der Waals surface area contributed by atoms with Crippen LogP contribution >= 0.6 is 0 Å². The fourth-order valence-corrected chi connectivity index (χ4v) is 4.18. The van der Waals surface area contributed by atoms with Crippen LogP contribution in [0.5, 0.6) is 0 Å². The highest BCUT2D eigenvalue weighted by atomic mass is 19.1. The molecule has 0 amide bonds. The van der Waals surface area contributed by atoms with Gasteiger partial charge in [0.25, 0.3) is 0 Å². The lowest BCUT2D eigenvalue weighted by Crippen LogP contribution is -2.49. The largest absolute Gasteiger partial charge is 0.311 e. The third-order valence-electron chi connectivity index (χ3n) is 5.68. The average Bonchev–Trinajstić information content (AvgIpc) is 2.76. The van der Waals surface area contributed by atoms with E-state index in [1.54, 1.807) is 0 Å². The summed E-state index contributed by atoms with van der Waals surface area (Å²) in [4.78, 5) is 0. The Hall–Kier alpha value is -2.49. The van der Waals surface area contributed by atoms with Crippen molar-refractivity contribution in [2.24, 2.45) is 0 Å². The topological polar surface area (TPSA) is 24.1 Å². The molecule has 1 aliphatic rings. The summed E-state index contributed by atoms with van der Waals surface area (Å²) in [6.07, 6.45) is 2.25. The lowest BCUT2D eigenvalue weighted by molar-refractivity contribution is 0.307. The van der Waals surface area contributed by atoms with Crippen molar-refractivity contribution >= 4 is 0 Å². The van der Waals surface area contributed by atoms with Crippen molar-refractivity contribution in [2.75, 3.05) is 6.54 Å². The summed E-state index contributed by atoms with van der Waals surface area (Å²) in [6, 6.07) is 29.2. The molecule has 3 heteroatoms. The Labute approximate surface area is 166 Å². The van der Waals surface area contributed by atoms with Gasteiger partial charge in [0, 0.05) is 31.1 Å². The zero-order valence-corrected chi connectivity index (χ0v) is 16.0. The summed E-state index contributed by atoms with van der Waals surface area (Å²) < 4.78 is 13.0. The highest BCUT2D eigenvalue weighted by Gasteiger charge is 2.29. The predicted octanol–water partition coefficient (Wildman–Crippen LogP) is 4.87. The minimum atomic E-state index is -0.182. The van der Waals surface area contributed by atoms with Gasteiger partial charge in [-0.1, -0.05) is 72.8 Å². The lowest BCUT2D eigenvalue weighted by atomic mass is 9.81. The van der Waals surface area contributed by atoms with Crippen LogP contribution in [0.2, 0.25) is 0 Å². The molecule has 3 aromatic rings. The van der Waals surface area contributed by atoms with Crippen LogP contribution in [0.4, 0.5) is 4.39 Å². The van der Waals surface area contributed by atoms with Crippen molar-refractivity contribution in [3.63, 3.8) is 0 Å². The molecule has 3 aromatic carbocycles. The van der Waals surface area contributed by atoms with Crippen molar-refractivity contribution in [2.45, 2.75) is 37.4 Å². The number of rotatable bonds is 6. The molecule has 0 radical (unpaired) electrons. The molecule has 28 heavy (non-hydrogen) atoms. The molecule has 0 unspecified atom stereocenters. The maximum Gasteiger partial charge on any atom is 0.123 e. The highest BCUT2D eigenvalue weighted by Crippen LogP contribution is 2.31. The van der Waals surface area contributed by atoms with Crippen LogP contribution in [0.3, 0.4) is 0 Å². The van der Waals surface area contributed by atoms with E-state index in [4.69, 9.17) is 0 Å². The Morgan fingerprint density at radius 2 is 1.43 bits per heavy atom. The number of hydrogen-bond donors (Lipinski definition) is 2. The second-order valence-electron chi connectivity index (χ2n) is 7.60. The number of nitrogens with one attached hydrogen (secondary N) is 2. The van der Waals surface area contributed by atoms with Gasteiger partial charge in [-0.3, -0.25) is 0 Å². The third kappa shape index (κ3) is 4.67. The summed E-state index contributed by atoms with van der Waals surface area (Å²) in [6.45, 7) is 1.72. The van der Waals surface area contributed by atoms with E-state index in [0.29, 0.717) is 18.0 Å². The van der Waals surface area contributed by atoms with Gasteiger partial charge < -0.3 is 10.6 Å². The Morgan fingerprint density at radius 1 is 0.821 bits per heavy atom. The van der Waals surface area contributed by atoms with Gasteiger partial charge in [-0.2, -0.15) is 0 Å². The Morgan fingerprint density at radius 3 is 1.96 bits per heavy atom. The Kier molecular flexibility index (Phi) is 6.15. The van der Waals surface area contributed by atoms with Crippen LogP contribution < -0.4 is 10.6 Å². The normalized spacial score (nSPS) is 19.6. The van der Waals surface area contributed by atoms with Gasteiger partial charge in [0.1, 0.15) is 5.82 Å². The van der Waals surface area contributed by atoms with Gasteiger partial charge in [0.05, 0.1) is 0 Å². The zero-order valence-electron chi connectivity index (χ0n) is 16.0. The van der Waals surface area contributed by atoms with Crippen LogP contribution in [0, 0.1) is 5.82 Å². The van der Waals surface area contributed by atoms with Crippen molar-refractivity contribution in [3.05, 3.63) is 107 Å². The molecule has 144 valence electrons. The van der Waals surface area contributed by atoms with E-state index >= 15 is 0 Å². The highest BCUT2D eigenvalue weighted by molar-refractivity contribution is 5.34. The van der Waals surface area contributed by atoms with Gasteiger partial charge in [-0.05, 0) is 41.7 Å².